The average molecular weight is 349 g/mol. The minimum atomic E-state index is -0.325. The summed E-state index contributed by atoms with van der Waals surface area (Å²) >= 11 is 3.21. The Morgan fingerprint density at radius 2 is 2.10 bits per heavy atom. The number of rotatable bonds is 3. The summed E-state index contributed by atoms with van der Waals surface area (Å²) in [5.41, 5.74) is 0.771. The second-order valence-electron chi connectivity index (χ2n) is 5.19. The maximum absolute atomic E-state index is 12.1. The predicted molar refractivity (Wildman–Crippen MR) is 84.4 cm³/mol. The third-order valence-corrected chi connectivity index (χ3v) is 4.22. The van der Waals surface area contributed by atoms with Gasteiger partial charge < -0.3 is 10.4 Å². The molecule has 1 fully saturated rings. The lowest BCUT2D eigenvalue weighted by Crippen LogP contribution is -2.36. The number of halogens is 1. The van der Waals surface area contributed by atoms with Gasteiger partial charge in [0.2, 0.25) is 0 Å². The van der Waals surface area contributed by atoms with E-state index in [0.717, 1.165) is 25.7 Å². The zero-order valence-corrected chi connectivity index (χ0v) is 13.2. The molecule has 0 radical (unpaired) electrons. The van der Waals surface area contributed by atoms with Crippen molar-refractivity contribution < 1.29 is 9.90 Å². The van der Waals surface area contributed by atoms with E-state index in [1.54, 1.807) is 12.1 Å². The van der Waals surface area contributed by atoms with Gasteiger partial charge in [0.1, 0.15) is 17.4 Å². The van der Waals surface area contributed by atoms with Crippen molar-refractivity contribution in [3.63, 3.8) is 0 Å². The normalized spacial score (nSPS) is 16.3. The highest BCUT2D eigenvalue weighted by molar-refractivity contribution is 9.10. The first-order valence-corrected chi connectivity index (χ1v) is 7.80. The minimum Gasteiger partial charge on any atom is -0.507 e. The van der Waals surface area contributed by atoms with Crippen molar-refractivity contribution in [3.05, 3.63) is 33.8 Å². The Morgan fingerprint density at radius 3 is 2.71 bits per heavy atom. The first-order chi connectivity index (χ1) is 10.1. The number of benzene rings is 1. The van der Waals surface area contributed by atoms with Gasteiger partial charge in [0.15, 0.2) is 0 Å². The van der Waals surface area contributed by atoms with E-state index in [4.69, 9.17) is 0 Å². The molecule has 0 saturated heterocycles. The van der Waals surface area contributed by atoms with Crippen LogP contribution in [0.4, 0.5) is 0 Å². The zero-order valence-electron chi connectivity index (χ0n) is 11.6. The largest absolute Gasteiger partial charge is 0.507 e. The molecule has 110 valence electrons. The summed E-state index contributed by atoms with van der Waals surface area (Å²) in [7, 11) is 0. The third-order valence-electron chi connectivity index (χ3n) is 3.59. The van der Waals surface area contributed by atoms with E-state index in [-0.39, 0.29) is 23.3 Å². The maximum atomic E-state index is 12.1. The number of hydrogen-bond donors (Lipinski definition) is 2. The van der Waals surface area contributed by atoms with E-state index in [0.29, 0.717) is 10.0 Å². The summed E-state index contributed by atoms with van der Waals surface area (Å²) in [5, 5.41) is 21.5. The molecule has 1 aliphatic carbocycles. The average Bonchev–Trinajstić information content (AvgIpc) is 2.49. The van der Waals surface area contributed by atoms with Crippen LogP contribution < -0.4 is 5.32 Å². The predicted octanol–water partition coefficient (Wildman–Crippen LogP) is 3.51. The second-order valence-corrected chi connectivity index (χ2v) is 6.04. The lowest BCUT2D eigenvalue weighted by atomic mass is 9.95. The summed E-state index contributed by atoms with van der Waals surface area (Å²) in [6.45, 7) is 0. The molecule has 0 aromatic heterocycles. The Labute approximate surface area is 132 Å². The van der Waals surface area contributed by atoms with Crippen LogP contribution in [0.25, 0.3) is 6.08 Å². The molecule has 1 aromatic rings. The Bertz CT molecular complexity index is 599. The number of nitrogens with zero attached hydrogens (tertiary/aromatic N) is 1. The van der Waals surface area contributed by atoms with Crippen molar-refractivity contribution in [2.24, 2.45) is 0 Å². The molecular formula is C16H17BrN2O2. The number of phenols is 1. The summed E-state index contributed by atoms with van der Waals surface area (Å²) < 4.78 is 0.529. The minimum absolute atomic E-state index is 0.0816. The quantitative estimate of drug-likeness (QED) is 0.648. The van der Waals surface area contributed by atoms with Crippen LogP contribution in [0.3, 0.4) is 0 Å². The number of nitriles is 1. The topological polar surface area (TPSA) is 73.1 Å². The first-order valence-electron chi connectivity index (χ1n) is 7.01. The van der Waals surface area contributed by atoms with E-state index >= 15 is 0 Å². The lowest BCUT2D eigenvalue weighted by molar-refractivity contribution is -0.117. The van der Waals surface area contributed by atoms with Crippen LogP contribution >= 0.6 is 15.9 Å². The lowest BCUT2D eigenvalue weighted by Gasteiger charge is -2.22. The van der Waals surface area contributed by atoms with Crippen LogP contribution in [0.5, 0.6) is 5.75 Å². The van der Waals surface area contributed by atoms with Crippen molar-refractivity contribution in [1.82, 2.24) is 5.32 Å². The molecule has 2 rings (SSSR count). The van der Waals surface area contributed by atoms with Gasteiger partial charge in [-0.3, -0.25) is 4.79 Å². The van der Waals surface area contributed by atoms with E-state index < -0.39 is 0 Å². The third kappa shape index (κ3) is 4.33. The van der Waals surface area contributed by atoms with Gasteiger partial charge in [0, 0.05) is 6.04 Å². The molecule has 2 N–H and O–H groups in total. The van der Waals surface area contributed by atoms with E-state index in [1.165, 1.54) is 18.6 Å². The number of amides is 1. The van der Waals surface area contributed by atoms with Crippen LogP contribution in [0.1, 0.15) is 37.7 Å². The maximum Gasteiger partial charge on any atom is 0.262 e. The highest BCUT2D eigenvalue weighted by atomic mass is 79.9. The Morgan fingerprint density at radius 1 is 1.38 bits per heavy atom. The molecule has 4 nitrogen and oxygen atoms in total. The van der Waals surface area contributed by atoms with Gasteiger partial charge in [0.05, 0.1) is 4.47 Å². The Balaban J connectivity index is 2.10. The molecule has 5 heteroatoms. The van der Waals surface area contributed by atoms with Crippen LogP contribution in [-0.4, -0.2) is 17.1 Å². The van der Waals surface area contributed by atoms with Crippen molar-refractivity contribution in [2.75, 3.05) is 0 Å². The molecule has 1 saturated carbocycles. The number of carbonyl (C=O) groups is 1. The Kier molecular flexibility index (Phi) is 5.40. The van der Waals surface area contributed by atoms with Gasteiger partial charge >= 0.3 is 0 Å². The van der Waals surface area contributed by atoms with Gasteiger partial charge in [-0.25, -0.2) is 0 Å². The van der Waals surface area contributed by atoms with Gasteiger partial charge in [-0.15, -0.1) is 0 Å². The van der Waals surface area contributed by atoms with Crippen LogP contribution in [0, 0.1) is 11.3 Å². The zero-order chi connectivity index (χ0) is 15.2. The molecule has 0 unspecified atom stereocenters. The number of hydrogen-bond acceptors (Lipinski definition) is 3. The molecule has 1 aromatic carbocycles. The molecule has 1 aliphatic rings. The molecule has 0 aliphatic heterocycles. The molecule has 1 amide bonds. The fraction of sp³-hybridized carbons (Fsp3) is 0.375. The molecule has 0 spiro atoms. The highest BCUT2D eigenvalue weighted by Crippen LogP contribution is 2.25. The SMILES string of the molecule is N#C/C(=C/c1ccc(O)c(Br)c1)C(=O)NC1CCCCC1. The number of phenolic OH excluding ortho intramolecular Hbond substituents is 1. The van der Waals surface area contributed by atoms with E-state index in [1.807, 2.05) is 6.07 Å². The van der Waals surface area contributed by atoms with Gasteiger partial charge in [-0.2, -0.15) is 5.26 Å². The smallest absolute Gasteiger partial charge is 0.262 e. The second kappa shape index (κ2) is 7.28. The molecule has 21 heavy (non-hydrogen) atoms. The number of nitrogens with one attached hydrogen (secondary N) is 1. The summed E-state index contributed by atoms with van der Waals surface area (Å²) in [4.78, 5) is 12.1. The number of carbonyl (C=O) groups excluding carboxylic acids is 1. The molecule has 0 heterocycles. The van der Waals surface area contributed by atoms with Crippen molar-refractivity contribution in [2.45, 2.75) is 38.1 Å². The standard InChI is InChI=1S/C16H17BrN2O2/c17-14-9-11(6-7-15(14)20)8-12(10-18)16(21)19-13-4-2-1-3-5-13/h6-9,13,20H,1-5H2,(H,19,21)/b12-8-. The van der Waals surface area contributed by atoms with Crippen LogP contribution in [-0.2, 0) is 4.79 Å². The molecule has 0 bridgehead atoms. The summed E-state index contributed by atoms with van der Waals surface area (Å²) in [6, 6.07) is 6.96. The fourth-order valence-electron chi connectivity index (χ4n) is 2.44. The fourth-order valence-corrected chi connectivity index (χ4v) is 2.83. The summed E-state index contributed by atoms with van der Waals surface area (Å²) in [6.07, 6.45) is 6.96. The Hall–Kier alpha value is -1.80. The van der Waals surface area contributed by atoms with Crippen LogP contribution in [0.2, 0.25) is 0 Å². The van der Waals surface area contributed by atoms with E-state index in [2.05, 4.69) is 21.2 Å². The highest BCUT2D eigenvalue weighted by Gasteiger charge is 2.18. The summed E-state index contributed by atoms with van der Waals surface area (Å²) in [5.74, 6) is -0.203. The monoisotopic (exact) mass is 348 g/mol. The van der Waals surface area contributed by atoms with Crippen molar-refractivity contribution >= 4 is 27.9 Å². The first kappa shape index (κ1) is 15.6. The van der Waals surface area contributed by atoms with Crippen LogP contribution in [0.15, 0.2) is 28.2 Å². The molecule has 0 atom stereocenters. The van der Waals surface area contributed by atoms with Gasteiger partial charge in [0.25, 0.3) is 5.91 Å². The van der Waals surface area contributed by atoms with Crippen molar-refractivity contribution in [1.29, 1.82) is 5.26 Å². The van der Waals surface area contributed by atoms with Gasteiger partial charge in [-0.1, -0.05) is 25.3 Å². The van der Waals surface area contributed by atoms with Gasteiger partial charge in [-0.05, 0) is 52.5 Å². The number of aromatic hydroxyl groups is 1. The molecular weight excluding hydrogens is 332 g/mol. The van der Waals surface area contributed by atoms with E-state index in [9.17, 15) is 15.2 Å². The van der Waals surface area contributed by atoms with Crippen molar-refractivity contribution in [3.8, 4) is 11.8 Å².